The molecule has 0 heterocycles. The van der Waals surface area contributed by atoms with Gasteiger partial charge in [0.25, 0.3) is 0 Å². The van der Waals surface area contributed by atoms with Crippen molar-refractivity contribution in [3.8, 4) is 11.5 Å². The van der Waals surface area contributed by atoms with Crippen LogP contribution in [0.2, 0.25) is 19.6 Å². The molecule has 0 spiro atoms. The van der Waals surface area contributed by atoms with Crippen LogP contribution in [0.4, 0.5) is 0 Å². The van der Waals surface area contributed by atoms with Crippen LogP contribution in [0, 0.1) is 34.1 Å². The Bertz CT molecular complexity index is 524. The molecule has 0 aromatic heterocycles. The van der Waals surface area contributed by atoms with Crippen molar-refractivity contribution >= 4 is 8.07 Å². The van der Waals surface area contributed by atoms with Gasteiger partial charge in [0.05, 0.1) is 5.41 Å². The Hall–Kier alpha value is -0.483. The Morgan fingerprint density at radius 1 is 1.25 bits per heavy atom. The summed E-state index contributed by atoms with van der Waals surface area (Å²) in [4.78, 5) is 0. The second-order valence-electron chi connectivity index (χ2n) is 10.0. The fourth-order valence-electron chi connectivity index (χ4n) is 5.37. The number of hydrogen-bond acceptors (Lipinski definition) is 0. The Morgan fingerprint density at radius 2 is 1.96 bits per heavy atom. The second kappa shape index (κ2) is 7.41. The summed E-state index contributed by atoms with van der Waals surface area (Å²) in [5.41, 5.74) is 6.11. The first-order valence-electron chi connectivity index (χ1n) is 10.4. The standard InChI is InChI=1S/C23H40Si/c1-8-9-14-22(4)20(19(2)3)13-16-23(17-18-24(5,6)7)15-11-10-12-21(22)23/h12,19-20H,8-11,13-16H2,1-7H3/t20-,22-,23+/m0/s1. The number of unbranched alkanes of at least 4 members (excludes halogenated alkanes) is 1. The van der Waals surface area contributed by atoms with E-state index >= 15 is 0 Å². The summed E-state index contributed by atoms with van der Waals surface area (Å²) in [7, 11) is -1.32. The van der Waals surface area contributed by atoms with Crippen molar-refractivity contribution in [2.75, 3.05) is 0 Å². The van der Waals surface area contributed by atoms with E-state index in [2.05, 4.69) is 64.9 Å². The molecule has 0 aromatic carbocycles. The van der Waals surface area contributed by atoms with E-state index in [1.807, 2.05) is 0 Å². The molecule has 0 bridgehead atoms. The maximum absolute atomic E-state index is 3.91. The molecule has 0 N–H and O–H groups in total. The van der Waals surface area contributed by atoms with Gasteiger partial charge in [-0.25, -0.2) is 0 Å². The lowest BCUT2D eigenvalue weighted by molar-refractivity contribution is 0.0686. The summed E-state index contributed by atoms with van der Waals surface area (Å²) >= 11 is 0. The Morgan fingerprint density at radius 3 is 2.54 bits per heavy atom. The topological polar surface area (TPSA) is 0 Å². The first-order chi connectivity index (χ1) is 11.1. The molecule has 2 rings (SSSR count). The second-order valence-corrected chi connectivity index (χ2v) is 14.8. The van der Waals surface area contributed by atoms with Gasteiger partial charge < -0.3 is 0 Å². The molecule has 0 radical (unpaired) electrons. The molecule has 1 heteroatoms. The molecule has 0 amide bonds. The first-order valence-corrected chi connectivity index (χ1v) is 13.9. The van der Waals surface area contributed by atoms with Gasteiger partial charge in [-0.2, -0.15) is 0 Å². The predicted molar refractivity (Wildman–Crippen MR) is 111 cm³/mol. The molecule has 0 aromatic rings. The highest BCUT2D eigenvalue weighted by Crippen LogP contribution is 2.60. The maximum atomic E-state index is 3.91. The van der Waals surface area contributed by atoms with Crippen LogP contribution in [0.25, 0.3) is 0 Å². The molecule has 3 atom stereocenters. The minimum absolute atomic E-state index is 0.215. The largest absolute Gasteiger partial charge is 0.131 e. The van der Waals surface area contributed by atoms with Crippen molar-refractivity contribution in [2.45, 2.75) is 98.7 Å². The van der Waals surface area contributed by atoms with Crippen LogP contribution < -0.4 is 0 Å². The monoisotopic (exact) mass is 344 g/mol. The van der Waals surface area contributed by atoms with E-state index in [4.69, 9.17) is 0 Å². The molecule has 2 aliphatic carbocycles. The highest BCUT2D eigenvalue weighted by molar-refractivity contribution is 6.83. The molecule has 136 valence electrons. The lowest BCUT2D eigenvalue weighted by Gasteiger charge is -2.55. The summed E-state index contributed by atoms with van der Waals surface area (Å²) in [6.45, 7) is 17.0. The number of rotatable bonds is 4. The van der Waals surface area contributed by atoms with Gasteiger partial charge in [-0.1, -0.05) is 72.2 Å². The summed E-state index contributed by atoms with van der Waals surface area (Å²) in [5.74, 6) is 5.52. The molecular formula is C23H40Si. The van der Waals surface area contributed by atoms with Crippen LogP contribution in [-0.4, -0.2) is 8.07 Å². The van der Waals surface area contributed by atoms with Crippen molar-refractivity contribution in [1.82, 2.24) is 0 Å². The summed E-state index contributed by atoms with van der Waals surface area (Å²) in [5, 5.41) is 0. The molecule has 0 unspecified atom stereocenters. The van der Waals surface area contributed by atoms with Crippen molar-refractivity contribution < 1.29 is 0 Å². The zero-order valence-electron chi connectivity index (χ0n) is 17.4. The molecule has 0 nitrogen and oxygen atoms in total. The fourth-order valence-corrected chi connectivity index (χ4v) is 5.99. The van der Waals surface area contributed by atoms with Gasteiger partial charge in [-0.05, 0) is 61.3 Å². The average molecular weight is 345 g/mol. The van der Waals surface area contributed by atoms with E-state index in [1.165, 1.54) is 51.4 Å². The van der Waals surface area contributed by atoms with Crippen LogP contribution in [0.15, 0.2) is 11.6 Å². The number of hydrogen-bond donors (Lipinski definition) is 0. The first kappa shape index (κ1) is 19.8. The fraction of sp³-hybridized carbons (Fsp3) is 0.826. The van der Waals surface area contributed by atoms with Crippen LogP contribution in [0.3, 0.4) is 0 Å². The molecule has 1 saturated carbocycles. The normalized spacial score (nSPS) is 33.5. The molecule has 0 saturated heterocycles. The smallest absolute Gasteiger partial charge is 0.129 e. The highest BCUT2D eigenvalue weighted by Gasteiger charge is 2.51. The third kappa shape index (κ3) is 4.01. The van der Waals surface area contributed by atoms with Crippen molar-refractivity contribution in [3.63, 3.8) is 0 Å². The van der Waals surface area contributed by atoms with Gasteiger partial charge in [-0.3, -0.25) is 0 Å². The lowest BCUT2D eigenvalue weighted by Crippen LogP contribution is -2.46. The SMILES string of the molecule is CCCC[C@]1(C)C2=CCCC[C@]2(C#C[Si](C)(C)C)CC[C@H]1C(C)C. The lowest BCUT2D eigenvalue weighted by atomic mass is 9.49. The Labute approximate surface area is 152 Å². The van der Waals surface area contributed by atoms with E-state index in [1.54, 1.807) is 5.57 Å². The van der Waals surface area contributed by atoms with E-state index in [0.29, 0.717) is 5.41 Å². The molecular weight excluding hydrogens is 304 g/mol. The summed E-state index contributed by atoms with van der Waals surface area (Å²) in [6, 6.07) is 0. The van der Waals surface area contributed by atoms with Crippen molar-refractivity contribution in [1.29, 1.82) is 0 Å². The third-order valence-electron chi connectivity index (χ3n) is 6.52. The maximum Gasteiger partial charge on any atom is 0.129 e. The van der Waals surface area contributed by atoms with Gasteiger partial charge >= 0.3 is 0 Å². The quantitative estimate of drug-likeness (QED) is 0.287. The van der Waals surface area contributed by atoms with Gasteiger partial charge in [0.2, 0.25) is 0 Å². The van der Waals surface area contributed by atoms with E-state index in [9.17, 15) is 0 Å². The van der Waals surface area contributed by atoms with Gasteiger partial charge in [0, 0.05) is 0 Å². The minimum atomic E-state index is -1.32. The average Bonchev–Trinajstić information content (AvgIpc) is 2.50. The zero-order valence-corrected chi connectivity index (χ0v) is 18.4. The molecule has 0 aliphatic heterocycles. The molecule has 24 heavy (non-hydrogen) atoms. The Kier molecular flexibility index (Phi) is 6.12. The van der Waals surface area contributed by atoms with Gasteiger partial charge in [-0.15, -0.1) is 5.54 Å². The highest BCUT2D eigenvalue weighted by atomic mass is 28.3. The third-order valence-corrected chi connectivity index (χ3v) is 7.39. The number of allylic oxidation sites excluding steroid dienone is 2. The van der Waals surface area contributed by atoms with Crippen LogP contribution in [0.5, 0.6) is 0 Å². The van der Waals surface area contributed by atoms with E-state index in [0.717, 1.165) is 11.8 Å². The number of fused-ring (bicyclic) bond motifs is 1. The van der Waals surface area contributed by atoms with Crippen molar-refractivity contribution in [2.24, 2.45) is 22.7 Å². The van der Waals surface area contributed by atoms with Gasteiger partial charge in [0.1, 0.15) is 8.07 Å². The molecule has 2 aliphatic rings. The van der Waals surface area contributed by atoms with E-state index in [-0.39, 0.29) is 5.41 Å². The zero-order chi connectivity index (χ0) is 18.0. The predicted octanol–water partition coefficient (Wildman–Crippen LogP) is 7.23. The Balaban J connectivity index is 2.48. The van der Waals surface area contributed by atoms with Crippen molar-refractivity contribution in [3.05, 3.63) is 11.6 Å². The summed E-state index contributed by atoms with van der Waals surface area (Å²) < 4.78 is 0. The van der Waals surface area contributed by atoms with Crippen LogP contribution in [0.1, 0.15) is 79.1 Å². The molecule has 1 fully saturated rings. The van der Waals surface area contributed by atoms with Crippen LogP contribution in [-0.2, 0) is 0 Å². The van der Waals surface area contributed by atoms with Gasteiger partial charge in [0.15, 0.2) is 0 Å². The summed E-state index contributed by atoms with van der Waals surface area (Å²) in [6.07, 6.45) is 13.2. The van der Waals surface area contributed by atoms with E-state index < -0.39 is 8.07 Å². The van der Waals surface area contributed by atoms with Crippen LogP contribution >= 0.6 is 0 Å². The minimum Gasteiger partial charge on any atom is -0.131 e.